The standard InChI is InChI=1S/C19H16ClN3O3S/c20-13-5-3-12(4-6-13)17(24)21-9-10-22-18(25)14-7-8-15(23-19(14)26)16-2-1-11-27-16/h1-8,11H,9-10H2,(H,21,24)(H,22,25)(H,23,26). The molecule has 0 unspecified atom stereocenters. The number of nitrogens with one attached hydrogen (secondary N) is 3. The fourth-order valence-electron chi connectivity index (χ4n) is 2.38. The minimum atomic E-state index is -0.491. The summed E-state index contributed by atoms with van der Waals surface area (Å²) in [6, 6.07) is 13.5. The van der Waals surface area contributed by atoms with Crippen molar-refractivity contribution < 1.29 is 9.59 Å². The maximum absolute atomic E-state index is 12.2. The Labute approximate surface area is 164 Å². The van der Waals surface area contributed by atoms with Gasteiger partial charge in [0.2, 0.25) is 0 Å². The molecular weight excluding hydrogens is 386 g/mol. The van der Waals surface area contributed by atoms with Gasteiger partial charge in [0.15, 0.2) is 0 Å². The lowest BCUT2D eigenvalue weighted by Gasteiger charge is -2.07. The van der Waals surface area contributed by atoms with Gasteiger partial charge in [0.05, 0.1) is 10.6 Å². The van der Waals surface area contributed by atoms with Crippen molar-refractivity contribution in [3.05, 3.63) is 80.4 Å². The van der Waals surface area contributed by atoms with E-state index in [4.69, 9.17) is 11.6 Å². The molecular formula is C19H16ClN3O3S. The zero-order chi connectivity index (χ0) is 19.2. The monoisotopic (exact) mass is 401 g/mol. The van der Waals surface area contributed by atoms with E-state index in [1.807, 2.05) is 17.5 Å². The highest BCUT2D eigenvalue weighted by molar-refractivity contribution is 7.13. The van der Waals surface area contributed by atoms with Gasteiger partial charge in [-0.15, -0.1) is 11.3 Å². The molecule has 27 heavy (non-hydrogen) atoms. The van der Waals surface area contributed by atoms with E-state index in [1.165, 1.54) is 17.4 Å². The van der Waals surface area contributed by atoms with Crippen LogP contribution in [0.25, 0.3) is 10.6 Å². The Balaban J connectivity index is 1.51. The number of aromatic amines is 1. The summed E-state index contributed by atoms with van der Waals surface area (Å²) in [6.07, 6.45) is 0. The van der Waals surface area contributed by atoms with Crippen molar-refractivity contribution in [1.29, 1.82) is 0 Å². The molecule has 8 heteroatoms. The summed E-state index contributed by atoms with van der Waals surface area (Å²) in [6.45, 7) is 0.433. The van der Waals surface area contributed by atoms with E-state index in [0.717, 1.165) is 4.88 Å². The van der Waals surface area contributed by atoms with Crippen molar-refractivity contribution in [3.8, 4) is 10.6 Å². The predicted molar refractivity (Wildman–Crippen MR) is 106 cm³/mol. The summed E-state index contributed by atoms with van der Waals surface area (Å²) in [5.74, 6) is -0.756. The Morgan fingerprint density at radius 1 is 0.963 bits per heavy atom. The highest BCUT2D eigenvalue weighted by Crippen LogP contribution is 2.21. The van der Waals surface area contributed by atoms with E-state index >= 15 is 0 Å². The van der Waals surface area contributed by atoms with Crippen LogP contribution in [0.5, 0.6) is 0 Å². The minimum absolute atomic E-state index is 0.0272. The molecule has 0 atom stereocenters. The molecule has 3 N–H and O–H groups in total. The lowest BCUT2D eigenvalue weighted by atomic mass is 10.2. The van der Waals surface area contributed by atoms with E-state index in [1.54, 1.807) is 30.3 Å². The van der Waals surface area contributed by atoms with Gasteiger partial charge < -0.3 is 15.6 Å². The number of amides is 2. The molecule has 138 valence electrons. The molecule has 0 spiro atoms. The summed E-state index contributed by atoms with van der Waals surface area (Å²) >= 11 is 7.28. The molecule has 6 nitrogen and oxygen atoms in total. The van der Waals surface area contributed by atoms with Crippen LogP contribution >= 0.6 is 22.9 Å². The first-order chi connectivity index (χ1) is 13.0. The molecule has 2 heterocycles. The zero-order valence-electron chi connectivity index (χ0n) is 14.1. The Bertz CT molecular complexity index is 998. The molecule has 3 aromatic rings. The van der Waals surface area contributed by atoms with Crippen LogP contribution in [0.4, 0.5) is 0 Å². The van der Waals surface area contributed by atoms with Crippen LogP contribution in [0, 0.1) is 0 Å². The number of carbonyl (C=O) groups excluding carboxylic acids is 2. The molecule has 0 bridgehead atoms. The first-order valence-electron chi connectivity index (χ1n) is 8.14. The van der Waals surface area contributed by atoms with E-state index < -0.39 is 11.5 Å². The van der Waals surface area contributed by atoms with Gasteiger partial charge in [-0.25, -0.2) is 0 Å². The van der Waals surface area contributed by atoms with Gasteiger partial charge in [0, 0.05) is 23.7 Å². The zero-order valence-corrected chi connectivity index (χ0v) is 15.7. The first kappa shape index (κ1) is 18.9. The van der Waals surface area contributed by atoms with Gasteiger partial charge in [0.1, 0.15) is 5.56 Å². The number of pyridine rings is 1. The van der Waals surface area contributed by atoms with Gasteiger partial charge in [0.25, 0.3) is 17.4 Å². The van der Waals surface area contributed by atoms with Crippen molar-refractivity contribution in [3.63, 3.8) is 0 Å². The fraction of sp³-hybridized carbons (Fsp3) is 0.105. The maximum Gasteiger partial charge on any atom is 0.261 e. The molecule has 0 saturated carbocycles. The van der Waals surface area contributed by atoms with Crippen LogP contribution in [-0.4, -0.2) is 29.9 Å². The van der Waals surface area contributed by atoms with E-state index in [0.29, 0.717) is 16.3 Å². The predicted octanol–water partition coefficient (Wildman–Crippen LogP) is 2.92. The van der Waals surface area contributed by atoms with Crippen molar-refractivity contribution in [2.75, 3.05) is 13.1 Å². The fourth-order valence-corrected chi connectivity index (χ4v) is 3.21. The molecule has 0 fully saturated rings. The topological polar surface area (TPSA) is 91.1 Å². The van der Waals surface area contributed by atoms with E-state index in [9.17, 15) is 14.4 Å². The molecule has 0 aliphatic heterocycles. The van der Waals surface area contributed by atoms with Gasteiger partial charge >= 0.3 is 0 Å². The Morgan fingerprint density at radius 3 is 2.30 bits per heavy atom. The smallest absolute Gasteiger partial charge is 0.261 e. The maximum atomic E-state index is 12.2. The van der Waals surface area contributed by atoms with Gasteiger partial charge in [-0.3, -0.25) is 14.4 Å². The lowest BCUT2D eigenvalue weighted by Crippen LogP contribution is -2.36. The highest BCUT2D eigenvalue weighted by atomic mass is 35.5. The summed E-state index contributed by atoms with van der Waals surface area (Å²) in [5.41, 5.74) is 0.719. The van der Waals surface area contributed by atoms with Crippen molar-refractivity contribution in [2.45, 2.75) is 0 Å². The molecule has 2 amide bonds. The van der Waals surface area contributed by atoms with Crippen LogP contribution in [0.15, 0.2) is 58.7 Å². The summed E-state index contributed by atoms with van der Waals surface area (Å²) < 4.78 is 0. The number of hydrogen-bond donors (Lipinski definition) is 3. The lowest BCUT2D eigenvalue weighted by molar-refractivity contribution is 0.0927. The second kappa shape index (κ2) is 8.66. The number of halogens is 1. The molecule has 1 aromatic carbocycles. The van der Waals surface area contributed by atoms with Gasteiger partial charge in [-0.1, -0.05) is 17.7 Å². The van der Waals surface area contributed by atoms with Crippen LogP contribution in [-0.2, 0) is 0 Å². The number of H-pyrrole nitrogens is 1. The molecule has 3 rings (SSSR count). The first-order valence-corrected chi connectivity index (χ1v) is 9.39. The van der Waals surface area contributed by atoms with Crippen molar-refractivity contribution in [2.24, 2.45) is 0 Å². The normalized spacial score (nSPS) is 10.4. The molecule has 2 aromatic heterocycles. The number of thiophene rings is 1. The van der Waals surface area contributed by atoms with E-state index in [2.05, 4.69) is 15.6 Å². The Morgan fingerprint density at radius 2 is 1.67 bits per heavy atom. The Hall–Kier alpha value is -2.90. The summed E-state index contributed by atoms with van der Waals surface area (Å²) in [7, 11) is 0. The number of aromatic nitrogens is 1. The van der Waals surface area contributed by atoms with Crippen LogP contribution < -0.4 is 16.2 Å². The third-order valence-corrected chi connectivity index (χ3v) is 4.90. The average molecular weight is 402 g/mol. The average Bonchev–Trinajstić information content (AvgIpc) is 3.20. The molecule has 0 aliphatic carbocycles. The number of rotatable bonds is 6. The highest BCUT2D eigenvalue weighted by Gasteiger charge is 2.11. The summed E-state index contributed by atoms with van der Waals surface area (Å²) in [5, 5.41) is 7.76. The second-order valence-electron chi connectivity index (χ2n) is 5.61. The van der Waals surface area contributed by atoms with Gasteiger partial charge in [-0.2, -0.15) is 0 Å². The van der Waals surface area contributed by atoms with Crippen LogP contribution in [0.1, 0.15) is 20.7 Å². The Kier molecular flexibility index (Phi) is 6.05. The molecule has 0 radical (unpaired) electrons. The third-order valence-electron chi connectivity index (χ3n) is 3.74. The third kappa shape index (κ3) is 4.84. The number of carbonyl (C=O) groups is 2. The molecule has 0 aliphatic rings. The number of hydrogen-bond acceptors (Lipinski definition) is 4. The van der Waals surface area contributed by atoms with E-state index in [-0.39, 0.29) is 24.6 Å². The largest absolute Gasteiger partial charge is 0.350 e. The summed E-state index contributed by atoms with van der Waals surface area (Å²) in [4.78, 5) is 39.9. The SMILES string of the molecule is O=C(NCCNC(=O)c1ccc(-c2cccs2)[nH]c1=O)c1ccc(Cl)cc1. The molecule has 0 saturated heterocycles. The van der Waals surface area contributed by atoms with Crippen molar-refractivity contribution in [1.82, 2.24) is 15.6 Å². The van der Waals surface area contributed by atoms with Crippen molar-refractivity contribution >= 4 is 34.8 Å². The second-order valence-corrected chi connectivity index (χ2v) is 6.99. The van der Waals surface area contributed by atoms with Gasteiger partial charge in [-0.05, 0) is 47.8 Å². The van der Waals surface area contributed by atoms with Crippen LogP contribution in [0.3, 0.4) is 0 Å². The number of benzene rings is 1. The quantitative estimate of drug-likeness (QED) is 0.554. The minimum Gasteiger partial charge on any atom is -0.350 e. The van der Waals surface area contributed by atoms with Crippen LogP contribution in [0.2, 0.25) is 5.02 Å².